The van der Waals surface area contributed by atoms with Crippen molar-refractivity contribution < 1.29 is 19.8 Å². The summed E-state index contributed by atoms with van der Waals surface area (Å²) in [6.45, 7) is 0.673. The van der Waals surface area contributed by atoms with Gasteiger partial charge < -0.3 is 24.9 Å². The summed E-state index contributed by atoms with van der Waals surface area (Å²) in [4.78, 5) is 28.7. The molecule has 1 heterocycles. The topological polar surface area (TPSA) is 84.3 Å². The van der Waals surface area contributed by atoms with Crippen LogP contribution in [0, 0.1) is 0 Å². The van der Waals surface area contributed by atoms with Gasteiger partial charge in [-0.3, -0.25) is 0 Å². The molecule has 0 aromatic rings. The number of nitrogens with zero attached hydrogens (tertiary/aromatic N) is 3. The maximum atomic E-state index is 12.5. The maximum Gasteiger partial charge on any atom is 0.326 e. The average Bonchev–Trinajstić information content (AvgIpc) is 2.74. The number of likely N-dealkylation sites (tertiary alicyclic amines) is 1. The number of aliphatic hydroxyl groups is 1. The second kappa shape index (κ2) is 5.81. The molecule has 120 valence electrons. The van der Waals surface area contributed by atoms with E-state index in [-0.39, 0.29) is 24.5 Å². The van der Waals surface area contributed by atoms with Crippen LogP contribution in [0.2, 0.25) is 0 Å². The lowest BCUT2D eigenvalue weighted by Gasteiger charge is -2.49. The normalized spacial score (nSPS) is 27.6. The van der Waals surface area contributed by atoms with E-state index in [9.17, 15) is 19.8 Å². The Morgan fingerprint density at radius 3 is 2.33 bits per heavy atom. The number of amides is 2. The Bertz CT molecular complexity index is 422. The van der Waals surface area contributed by atoms with Crippen molar-refractivity contribution in [2.45, 2.75) is 43.4 Å². The number of aliphatic carboxylic acids is 1. The predicted molar refractivity (Wildman–Crippen MR) is 77.0 cm³/mol. The van der Waals surface area contributed by atoms with Crippen LogP contribution in [0.3, 0.4) is 0 Å². The van der Waals surface area contributed by atoms with E-state index in [1.807, 2.05) is 14.1 Å². The van der Waals surface area contributed by atoms with E-state index >= 15 is 0 Å². The van der Waals surface area contributed by atoms with E-state index in [2.05, 4.69) is 4.90 Å². The van der Waals surface area contributed by atoms with Crippen molar-refractivity contribution in [2.24, 2.45) is 0 Å². The van der Waals surface area contributed by atoms with Crippen molar-refractivity contribution in [2.75, 3.05) is 34.2 Å². The van der Waals surface area contributed by atoms with Gasteiger partial charge in [0.15, 0.2) is 0 Å². The number of β-amino-alcohol motifs (C(OH)–C–C–N with tert-alkyl or cyclic N) is 1. The Hall–Kier alpha value is -1.34. The van der Waals surface area contributed by atoms with E-state index in [1.54, 1.807) is 11.9 Å². The van der Waals surface area contributed by atoms with Crippen LogP contribution in [0.5, 0.6) is 0 Å². The summed E-state index contributed by atoms with van der Waals surface area (Å²) in [5.41, 5.74) is 0.00146. The molecule has 2 N–H and O–H groups in total. The molecule has 1 saturated carbocycles. The summed E-state index contributed by atoms with van der Waals surface area (Å²) in [7, 11) is 5.73. The molecule has 0 unspecified atom stereocenters. The smallest absolute Gasteiger partial charge is 0.326 e. The van der Waals surface area contributed by atoms with E-state index in [0.29, 0.717) is 6.54 Å². The number of likely N-dealkylation sites (N-methyl/N-ethyl adjacent to an activating group) is 2. The summed E-state index contributed by atoms with van der Waals surface area (Å²) in [5.74, 6) is -1.06. The highest BCUT2D eigenvalue weighted by molar-refractivity contribution is 5.83. The van der Waals surface area contributed by atoms with Crippen molar-refractivity contribution in [1.82, 2.24) is 14.7 Å². The average molecular weight is 299 g/mol. The van der Waals surface area contributed by atoms with E-state index < -0.39 is 18.1 Å². The van der Waals surface area contributed by atoms with E-state index in [1.165, 1.54) is 4.90 Å². The SMILES string of the molecule is CN(CC1(N(C)C)CCC1)C(=O)N1C[C@@H](O)C[C@H]1C(=O)O. The molecule has 1 aliphatic heterocycles. The number of carboxylic acids is 1. The van der Waals surface area contributed by atoms with Gasteiger partial charge in [-0.1, -0.05) is 0 Å². The largest absolute Gasteiger partial charge is 0.480 e. The molecule has 0 spiro atoms. The lowest BCUT2D eigenvalue weighted by atomic mass is 9.75. The number of urea groups is 1. The molecule has 0 radical (unpaired) electrons. The Morgan fingerprint density at radius 2 is 1.90 bits per heavy atom. The molecule has 2 atom stereocenters. The van der Waals surface area contributed by atoms with E-state index in [0.717, 1.165) is 19.3 Å². The summed E-state index contributed by atoms with van der Waals surface area (Å²) in [6, 6.07) is -1.24. The molecular weight excluding hydrogens is 274 g/mol. The molecule has 0 aromatic carbocycles. The highest BCUT2D eigenvalue weighted by Crippen LogP contribution is 2.37. The number of carbonyl (C=O) groups is 2. The first kappa shape index (κ1) is 16.0. The van der Waals surface area contributed by atoms with E-state index in [4.69, 9.17) is 0 Å². The van der Waals surface area contributed by atoms with Gasteiger partial charge in [0, 0.05) is 32.1 Å². The lowest BCUT2D eigenvalue weighted by Crippen LogP contribution is -2.59. The van der Waals surface area contributed by atoms with Gasteiger partial charge in [0.2, 0.25) is 0 Å². The van der Waals surface area contributed by atoms with Crippen molar-refractivity contribution in [3.8, 4) is 0 Å². The molecule has 2 rings (SSSR count). The zero-order valence-corrected chi connectivity index (χ0v) is 12.9. The minimum atomic E-state index is -1.06. The molecule has 2 amide bonds. The highest BCUT2D eigenvalue weighted by atomic mass is 16.4. The number of hydrogen-bond donors (Lipinski definition) is 2. The minimum Gasteiger partial charge on any atom is -0.480 e. The van der Waals surface area contributed by atoms with Gasteiger partial charge in [-0.2, -0.15) is 0 Å². The molecule has 7 nitrogen and oxygen atoms in total. The fourth-order valence-electron chi connectivity index (χ4n) is 3.32. The lowest BCUT2D eigenvalue weighted by molar-refractivity contribution is -0.141. The summed E-state index contributed by atoms with van der Waals surface area (Å²) >= 11 is 0. The summed E-state index contributed by atoms with van der Waals surface area (Å²) in [6.07, 6.45) is 2.59. The molecule has 2 fully saturated rings. The zero-order valence-electron chi connectivity index (χ0n) is 12.9. The van der Waals surface area contributed by atoms with Gasteiger partial charge in [-0.15, -0.1) is 0 Å². The standard InChI is InChI=1S/C14H25N3O4/c1-15(2)14(5-4-6-14)9-16(3)13(21)17-8-10(18)7-11(17)12(19)20/h10-11,18H,4-9H2,1-3H3,(H,19,20)/t10-,11-/m0/s1. The molecule has 21 heavy (non-hydrogen) atoms. The maximum absolute atomic E-state index is 12.5. The van der Waals surface area contributed by atoms with Gasteiger partial charge in [-0.25, -0.2) is 9.59 Å². The summed E-state index contributed by atoms with van der Waals surface area (Å²) in [5, 5.41) is 18.8. The molecule has 1 aliphatic carbocycles. The minimum absolute atomic E-state index is 0.00146. The number of hydrogen-bond acceptors (Lipinski definition) is 4. The fraction of sp³-hybridized carbons (Fsp3) is 0.857. The fourth-order valence-corrected chi connectivity index (χ4v) is 3.32. The van der Waals surface area contributed by atoms with Crippen LogP contribution in [0.1, 0.15) is 25.7 Å². The quantitative estimate of drug-likeness (QED) is 0.766. The van der Waals surface area contributed by atoms with Gasteiger partial charge in [0.25, 0.3) is 0 Å². The van der Waals surface area contributed by atoms with Crippen LogP contribution in [0.25, 0.3) is 0 Å². The van der Waals surface area contributed by atoms with Crippen LogP contribution < -0.4 is 0 Å². The third-order valence-corrected chi connectivity index (χ3v) is 4.90. The number of aliphatic hydroxyl groups excluding tert-OH is 1. The van der Waals surface area contributed by atoms with Crippen molar-refractivity contribution in [1.29, 1.82) is 0 Å². The Labute approximate surface area is 125 Å². The van der Waals surface area contributed by atoms with Gasteiger partial charge in [-0.05, 0) is 33.4 Å². The molecule has 0 bridgehead atoms. The number of carboxylic acid groups (broad SMARTS) is 1. The van der Waals surface area contributed by atoms with Gasteiger partial charge >= 0.3 is 12.0 Å². The first-order valence-electron chi connectivity index (χ1n) is 7.37. The second-order valence-corrected chi connectivity index (χ2v) is 6.51. The molecule has 0 aromatic heterocycles. The van der Waals surface area contributed by atoms with Crippen LogP contribution in [-0.2, 0) is 4.79 Å². The van der Waals surface area contributed by atoms with Crippen molar-refractivity contribution in [3.05, 3.63) is 0 Å². The number of rotatable bonds is 4. The first-order valence-corrected chi connectivity index (χ1v) is 7.37. The van der Waals surface area contributed by atoms with Crippen LogP contribution in [0.15, 0.2) is 0 Å². The first-order chi connectivity index (χ1) is 9.77. The molecule has 1 saturated heterocycles. The predicted octanol–water partition coefficient (Wildman–Crippen LogP) is 0.0423. The summed E-state index contributed by atoms with van der Waals surface area (Å²) < 4.78 is 0. The van der Waals surface area contributed by atoms with Gasteiger partial charge in [0.05, 0.1) is 6.10 Å². The molecule has 7 heteroatoms. The highest BCUT2D eigenvalue weighted by Gasteiger charge is 2.44. The van der Waals surface area contributed by atoms with Crippen LogP contribution in [0.4, 0.5) is 4.79 Å². The molecule has 2 aliphatic rings. The monoisotopic (exact) mass is 299 g/mol. The Kier molecular flexibility index (Phi) is 4.43. The number of carbonyl (C=O) groups excluding carboxylic acids is 1. The van der Waals surface area contributed by atoms with Crippen molar-refractivity contribution >= 4 is 12.0 Å². The third-order valence-electron chi connectivity index (χ3n) is 4.90. The third kappa shape index (κ3) is 2.98. The molecular formula is C14H25N3O4. The van der Waals surface area contributed by atoms with Crippen LogP contribution >= 0.6 is 0 Å². The van der Waals surface area contributed by atoms with Gasteiger partial charge in [0.1, 0.15) is 6.04 Å². The Morgan fingerprint density at radius 1 is 1.29 bits per heavy atom. The van der Waals surface area contributed by atoms with Crippen molar-refractivity contribution in [3.63, 3.8) is 0 Å². The second-order valence-electron chi connectivity index (χ2n) is 6.51. The van der Waals surface area contributed by atoms with Crippen LogP contribution in [-0.4, -0.2) is 88.8 Å². The zero-order chi connectivity index (χ0) is 15.8. The Balaban J connectivity index is 2.03.